The van der Waals surface area contributed by atoms with Crippen molar-refractivity contribution in [2.45, 2.75) is 20.4 Å². The van der Waals surface area contributed by atoms with Crippen LogP contribution in [0.15, 0.2) is 34.6 Å². The Bertz CT molecular complexity index is 700. The number of hydrogen-bond acceptors (Lipinski definition) is 4. The van der Waals surface area contributed by atoms with E-state index in [1.165, 1.54) is 28.0 Å². The molecule has 0 saturated carbocycles. The van der Waals surface area contributed by atoms with E-state index in [1.807, 2.05) is 19.2 Å². The molecular weight excluding hydrogens is 274 g/mol. The second-order valence-corrected chi connectivity index (χ2v) is 5.22. The van der Waals surface area contributed by atoms with Gasteiger partial charge in [0.05, 0.1) is 16.4 Å². The summed E-state index contributed by atoms with van der Waals surface area (Å²) >= 11 is 1.53. The number of carbonyl (C=O) groups excluding carboxylic acids is 1. The standard InChI is InChI=1S/C14H15N3O2S/c1-3-17-8-11(5-7-14(17)19)16-13(18)6-4-12-9-20-10(2)15-12/h4-9H,3H2,1-2H3,(H,16,18)/b6-4+. The number of hydrogen-bond donors (Lipinski definition) is 1. The Morgan fingerprint density at radius 2 is 2.30 bits per heavy atom. The fourth-order valence-electron chi connectivity index (χ4n) is 1.65. The lowest BCUT2D eigenvalue weighted by Gasteiger charge is -2.05. The smallest absolute Gasteiger partial charge is 0.250 e. The molecule has 0 aromatic carbocycles. The van der Waals surface area contributed by atoms with Gasteiger partial charge in [0.25, 0.3) is 5.56 Å². The number of aryl methyl sites for hydroxylation is 2. The molecule has 0 atom stereocenters. The molecule has 1 amide bonds. The maximum absolute atomic E-state index is 11.8. The molecule has 2 aromatic heterocycles. The lowest BCUT2D eigenvalue weighted by Crippen LogP contribution is -2.19. The average molecular weight is 289 g/mol. The number of nitrogens with zero attached hydrogens (tertiary/aromatic N) is 2. The Hall–Kier alpha value is -2.21. The predicted molar refractivity (Wildman–Crippen MR) is 80.9 cm³/mol. The van der Waals surface area contributed by atoms with Crippen LogP contribution < -0.4 is 10.9 Å². The molecule has 0 aliphatic rings. The van der Waals surface area contributed by atoms with Gasteiger partial charge in [-0.15, -0.1) is 11.3 Å². The van der Waals surface area contributed by atoms with E-state index in [1.54, 1.807) is 18.3 Å². The van der Waals surface area contributed by atoms with Crippen molar-refractivity contribution in [3.63, 3.8) is 0 Å². The molecule has 104 valence electrons. The second-order valence-electron chi connectivity index (χ2n) is 4.16. The Labute approximate surface area is 120 Å². The quantitative estimate of drug-likeness (QED) is 0.878. The van der Waals surface area contributed by atoms with Gasteiger partial charge >= 0.3 is 0 Å². The summed E-state index contributed by atoms with van der Waals surface area (Å²) in [4.78, 5) is 27.4. The van der Waals surface area contributed by atoms with Crippen LogP contribution in [0.25, 0.3) is 6.08 Å². The molecule has 0 aliphatic heterocycles. The molecule has 2 heterocycles. The summed E-state index contributed by atoms with van der Waals surface area (Å²) in [6, 6.07) is 3.03. The van der Waals surface area contributed by atoms with Crippen LogP contribution in [0, 0.1) is 6.92 Å². The molecule has 6 heteroatoms. The van der Waals surface area contributed by atoms with E-state index in [2.05, 4.69) is 10.3 Å². The van der Waals surface area contributed by atoms with Crippen LogP contribution in [-0.4, -0.2) is 15.5 Å². The highest BCUT2D eigenvalue weighted by Gasteiger charge is 2.01. The Kier molecular flexibility index (Phi) is 4.47. The predicted octanol–water partition coefficient (Wildman–Crippen LogP) is 2.29. The summed E-state index contributed by atoms with van der Waals surface area (Å²) in [5.74, 6) is -0.253. The van der Waals surface area contributed by atoms with Gasteiger partial charge in [0, 0.05) is 30.3 Å². The van der Waals surface area contributed by atoms with Gasteiger partial charge in [0.1, 0.15) is 0 Å². The van der Waals surface area contributed by atoms with Crippen molar-refractivity contribution < 1.29 is 4.79 Å². The average Bonchev–Trinajstić information content (AvgIpc) is 2.84. The van der Waals surface area contributed by atoms with Crippen LogP contribution in [0.2, 0.25) is 0 Å². The zero-order valence-corrected chi connectivity index (χ0v) is 12.1. The minimum Gasteiger partial charge on any atom is -0.321 e. The summed E-state index contributed by atoms with van der Waals surface area (Å²) in [5, 5.41) is 5.55. The van der Waals surface area contributed by atoms with Crippen molar-refractivity contribution >= 4 is 29.0 Å². The molecule has 2 aromatic rings. The largest absolute Gasteiger partial charge is 0.321 e. The molecule has 0 spiro atoms. The van der Waals surface area contributed by atoms with Gasteiger partial charge in [-0.1, -0.05) is 0 Å². The van der Waals surface area contributed by atoms with Crippen LogP contribution in [0.1, 0.15) is 17.6 Å². The number of pyridine rings is 1. The van der Waals surface area contributed by atoms with Crippen molar-refractivity contribution in [3.8, 4) is 0 Å². The highest BCUT2D eigenvalue weighted by Crippen LogP contribution is 2.09. The molecule has 5 nitrogen and oxygen atoms in total. The third kappa shape index (κ3) is 3.64. The summed E-state index contributed by atoms with van der Waals surface area (Å²) in [6.45, 7) is 4.35. The highest BCUT2D eigenvalue weighted by molar-refractivity contribution is 7.09. The van der Waals surface area contributed by atoms with Gasteiger partial charge in [0.2, 0.25) is 5.91 Å². The molecule has 0 unspecified atom stereocenters. The molecule has 1 N–H and O–H groups in total. The summed E-state index contributed by atoms with van der Waals surface area (Å²) in [7, 11) is 0. The first-order chi connectivity index (χ1) is 9.58. The monoisotopic (exact) mass is 289 g/mol. The SMILES string of the molecule is CCn1cc(NC(=O)/C=C/c2csc(C)n2)ccc1=O. The third-order valence-corrected chi connectivity index (χ3v) is 3.43. The van der Waals surface area contributed by atoms with Gasteiger partial charge in [0.15, 0.2) is 0 Å². The Morgan fingerprint density at radius 1 is 1.50 bits per heavy atom. The maximum atomic E-state index is 11.8. The molecule has 2 rings (SSSR count). The normalized spacial score (nSPS) is 10.9. The Balaban J connectivity index is 2.04. The van der Waals surface area contributed by atoms with Crippen molar-refractivity contribution in [1.82, 2.24) is 9.55 Å². The lowest BCUT2D eigenvalue weighted by molar-refractivity contribution is -0.111. The molecule has 0 saturated heterocycles. The fourth-order valence-corrected chi connectivity index (χ4v) is 2.23. The summed E-state index contributed by atoms with van der Waals surface area (Å²) < 4.78 is 1.53. The van der Waals surface area contributed by atoms with E-state index < -0.39 is 0 Å². The summed E-state index contributed by atoms with van der Waals surface area (Å²) in [5.41, 5.74) is 1.27. The Morgan fingerprint density at radius 3 is 2.95 bits per heavy atom. The molecule has 0 fully saturated rings. The summed E-state index contributed by atoms with van der Waals surface area (Å²) in [6.07, 6.45) is 4.71. The molecule has 0 aliphatic carbocycles. The van der Waals surface area contributed by atoms with E-state index in [0.29, 0.717) is 12.2 Å². The number of thiazole rings is 1. The van der Waals surface area contributed by atoms with Crippen LogP contribution >= 0.6 is 11.3 Å². The van der Waals surface area contributed by atoms with Crippen molar-refractivity contribution in [2.75, 3.05) is 5.32 Å². The second kappa shape index (κ2) is 6.29. The van der Waals surface area contributed by atoms with Crippen LogP contribution in [0.3, 0.4) is 0 Å². The van der Waals surface area contributed by atoms with E-state index in [9.17, 15) is 9.59 Å². The van der Waals surface area contributed by atoms with Crippen molar-refractivity contribution in [1.29, 1.82) is 0 Å². The van der Waals surface area contributed by atoms with E-state index in [4.69, 9.17) is 0 Å². The number of aromatic nitrogens is 2. The minimum absolute atomic E-state index is 0.0843. The van der Waals surface area contributed by atoms with Gasteiger partial charge in [-0.05, 0) is 26.0 Å². The van der Waals surface area contributed by atoms with Gasteiger partial charge in [-0.2, -0.15) is 0 Å². The first kappa shape index (κ1) is 14.2. The first-order valence-electron chi connectivity index (χ1n) is 6.20. The zero-order valence-electron chi connectivity index (χ0n) is 11.3. The van der Waals surface area contributed by atoms with Gasteiger partial charge < -0.3 is 9.88 Å². The number of anilines is 1. The number of carbonyl (C=O) groups is 1. The lowest BCUT2D eigenvalue weighted by atomic mass is 10.3. The van der Waals surface area contributed by atoms with Crippen molar-refractivity contribution in [3.05, 3.63) is 50.8 Å². The highest BCUT2D eigenvalue weighted by atomic mass is 32.1. The van der Waals surface area contributed by atoms with E-state index >= 15 is 0 Å². The number of rotatable bonds is 4. The maximum Gasteiger partial charge on any atom is 0.250 e. The molecule has 0 radical (unpaired) electrons. The zero-order chi connectivity index (χ0) is 14.5. The molecular formula is C14H15N3O2S. The van der Waals surface area contributed by atoms with Crippen LogP contribution in [0.4, 0.5) is 5.69 Å². The van der Waals surface area contributed by atoms with Gasteiger partial charge in [-0.25, -0.2) is 4.98 Å². The number of nitrogens with one attached hydrogen (secondary N) is 1. The molecule has 0 bridgehead atoms. The third-order valence-electron chi connectivity index (χ3n) is 2.63. The topological polar surface area (TPSA) is 64.0 Å². The number of amides is 1. The van der Waals surface area contributed by atoms with Crippen LogP contribution in [-0.2, 0) is 11.3 Å². The van der Waals surface area contributed by atoms with E-state index in [-0.39, 0.29) is 11.5 Å². The molecule has 20 heavy (non-hydrogen) atoms. The fraction of sp³-hybridized carbons (Fsp3) is 0.214. The van der Waals surface area contributed by atoms with E-state index in [0.717, 1.165) is 10.7 Å². The van der Waals surface area contributed by atoms with Gasteiger partial charge in [-0.3, -0.25) is 9.59 Å². The minimum atomic E-state index is -0.253. The van der Waals surface area contributed by atoms with Crippen LogP contribution in [0.5, 0.6) is 0 Å². The first-order valence-corrected chi connectivity index (χ1v) is 7.08. The van der Waals surface area contributed by atoms with Crippen molar-refractivity contribution in [2.24, 2.45) is 0 Å².